The average molecular weight is 372 g/mol. The van der Waals surface area contributed by atoms with Crippen LogP contribution in [0.2, 0.25) is 0 Å². The second-order valence-corrected chi connectivity index (χ2v) is 7.36. The van der Waals surface area contributed by atoms with Gasteiger partial charge >= 0.3 is 0 Å². The number of hydrogen-bond acceptors (Lipinski definition) is 6. The lowest BCUT2D eigenvalue weighted by molar-refractivity contribution is 0.259. The molecule has 1 saturated heterocycles. The van der Waals surface area contributed by atoms with Gasteiger partial charge in [-0.2, -0.15) is 0 Å². The lowest BCUT2D eigenvalue weighted by Gasteiger charge is -2.32. The largest absolute Gasteiger partial charge is 0.464 e. The number of aromatic nitrogens is 1. The minimum atomic E-state index is -0.156. The molecule has 138 valence electrons. The second-order valence-electron chi connectivity index (χ2n) is 6.80. The summed E-state index contributed by atoms with van der Waals surface area (Å²) < 4.78 is 11.4. The maximum absolute atomic E-state index is 5.96. The maximum atomic E-state index is 5.96. The highest BCUT2D eigenvalue weighted by atomic mass is 32.2. The molecule has 3 heterocycles. The standard InChI is InChI=1S/C20H25N3O2S/c1-26-24-13-10-15-8-11-23(12-9-15)19-7-6-16(14-21-19)20-22-17-4-2-3-5-18(17)25-20/h2-7,14-15,20,22H,8-13H2,1H3. The van der Waals surface area contributed by atoms with Crippen molar-refractivity contribution in [3.05, 3.63) is 48.2 Å². The number of ether oxygens (including phenoxy) is 1. The minimum Gasteiger partial charge on any atom is -0.464 e. The molecule has 2 aromatic rings. The molecule has 0 amide bonds. The molecule has 2 aliphatic rings. The van der Waals surface area contributed by atoms with Crippen molar-refractivity contribution in [1.82, 2.24) is 4.98 Å². The molecule has 5 nitrogen and oxygen atoms in total. The molecule has 1 aromatic carbocycles. The van der Waals surface area contributed by atoms with Gasteiger partial charge < -0.3 is 19.1 Å². The Morgan fingerprint density at radius 3 is 2.81 bits per heavy atom. The number of hydrogen-bond donors (Lipinski definition) is 1. The van der Waals surface area contributed by atoms with Crippen LogP contribution in [0.4, 0.5) is 11.5 Å². The van der Waals surface area contributed by atoms with E-state index in [0.29, 0.717) is 0 Å². The zero-order chi connectivity index (χ0) is 17.8. The maximum Gasteiger partial charge on any atom is 0.198 e. The van der Waals surface area contributed by atoms with Gasteiger partial charge in [-0.15, -0.1) is 0 Å². The van der Waals surface area contributed by atoms with Crippen molar-refractivity contribution in [3.8, 4) is 5.75 Å². The number of fused-ring (bicyclic) bond motifs is 1. The first kappa shape index (κ1) is 17.5. The minimum absolute atomic E-state index is 0.156. The van der Waals surface area contributed by atoms with Crippen LogP contribution >= 0.6 is 12.0 Å². The highest BCUT2D eigenvalue weighted by Gasteiger charge is 2.24. The smallest absolute Gasteiger partial charge is 0.198 e. The van der Waals surface area contributed by atoms with Gasteiger partial charge in [-0.25, -0.2) is 4.98 Å². The first-order valence-electron chi connectivity index (χ1n) is 9.22. The average Bonchev–Trinajstić information content (AvgIpc) is 3.13. The third-order valence-corrected chi connectivity index (χ3v) is 5.56. The van der Waals surface area contributed by atoms with Crippen molar-refractivity contribution in [3.63, 3.8) is 0 Å². The van der Waals surface area contributed by atoms with Gasteiger partial charge in [-0.05, 0) is 61.5 Å². The van der Waals surface area contributed by atoms with Crippen LogP contribution in [0.5, 0.6) is 5.75 Å². The predicted octanol–water partition coefficient (Wildman–Crippen LogP) is 4.49. The van der Waals surface area contributed by atoms with Crippen molar-refractivity contribution < 1.29 is 8.92 Å². The lowest BCUT2D eigenvalue weighted by atomic mass is 9.94. The number of nitrogens with zero attached hydrogens (tertiary/aromatic N) is 2. The molecule has 2 aliphatic heterocycles. The molecule has 1 N–H and O–H groups in total. The Balaban J connectivity index is 1.32. The summed E-state index contributed by atoms with van der Waals surface area (Å²) in [6, 6.07) is 12.2. The SMILES string of the molecule is CSOCCC1CCN(c2ccc(C3Nc4ccccc4O3)cn2)CC1. The topological polar surface area (TPSA) is 46.6 Å². The molecule has 1 atom stereocenters. The van der Waals surface area contributed by atoms with E-state index in [1.165, 1.54) is 24.9 Å². The number of anilines is 2. The lowest BCUT2D eigenvalue weighted by Crippen LogP contribution is -2.34. The first-order valence-corrected chi connectivity index (χ1v) is 10.4. The Morgan fingerprint density at radius 1 is 1.23 bits per heavy atom. The van der Waals surface area contributed by atoms with Crippen LogP contribution < -0.4 is 15.0 Å². The number of benzene rings is 1. The molecule has 0 saturated carbocycles. The Hall–Kier alpha value is -1.92. The summed E-state index contributed by atoms with van der Waals surface area (Å²) in [5.74, 6) is 2.73. The second kappa shape index (κ2) is 8.18. The number of pyridine rings is 1. The Morgan fingerprint density at radius 2 is 2.08 bits per heavy atom. The molecule has 1 fully saturated rings. The van der Waals surface area contributed by atoms with Crippen LogP contribution in [0, 0.1) is 5.92 Å². The molecular weight excluding hydrogens is 346 g/mol. The van der Waals surface area contributed by atoms with Crippen molar-refractivity contribution in [2.24, 2.45) is 5.92 Å². The molecule has 1 unspecified atom stereocenters. The van der Waals surface area contributed by atoms with Crippen molar-refractivity contribution in [2.75, 3.05) is 36.2 Å². The number of rotatable bonds is 6. The molecule has 6 heteroatoms. The third-order valence-electron chi connectivity index (χ3n) is 5.16. The summed E-state index contributed by atoms with van der Waals surface area (Å²) in [7, 11) is 0. The molecular formula is C20H25N3O2S. The van der Waals surface area contributed by atoms with Crippen molar-refractivity contribution in [1.29, 1.82) is 0 Å². The summed E-state index contributed by atoms with van der Waals surface area (Å²) in [6.07, 6.45) is 7.33. The zero-order valence-electron chi connectivity index (χ0n) is 15.1. The zero-order valence-corrected chi connectivity index (χ0v) is 15.9. The van der Waals surface area contributed by atoms with Gasteiger partial charge in [0.2, 0.25) is 0 Å². The molecule has 1 aromatic heterocycles. The van der Waals surface area contributed by atoms with E-state index in [-0.39, 0.29) is 6.23 Å². The summed E-state index contributed by atoms with van der Waals surface area (Å²) >= 11 is 1.46. The van der Waals surface area contributed by atoms with Crippen LogP contribution in [-0.2, 0) is 4.18 Å². The molecule has 26 heavy (non-hydrogen) atoms. The molecule has 0 bridgehead atoms. The van der Waals surface area contributed by atoms with Crippen molar-refractivity contribution >= 4 is 23.5 Å². The van der Waals surface area contributed by atoms with E-state index in [0.717, 1.165) is 54.9 Å². The fourth-order valence-electron chi connectivity index (χ4n) is 3.63. The molecule has 0 aliphatic carbocycles. The highest BCUT2D eigenvalue weighted by molar-refractivity contribution is 7.93. The number of nitrogens with one attached hydrogen (secondary N) is 1. The van der Waals surface area contributed by atoms with Crippen LogP contribution in [0.25, 0.3) is 0 Å². The van der Waals surface area contributed by atoms with Crippen LogP contribution in [0.3, 0.4) is 0 Å². The van der Waals surface area contributed by atoms with Gasteiger partial charge in [0.05, 0.1) is 12.3 Å². The Kier molecular flexibility index (Phi) is 5.51. The molecule has 4 rings (SSSR count). The van der Waals surface area contributed by atoms with E-state index in [4.69, 9.17) is 8.92 Å². The van der Waals surface area contributed by atoms with E-state index in [2.05, 4.69) is 27.3 Å². The normalized spacial score (nSPS) is 19.7. The Bertz CT molecular complexity index is 692. The van der Waals surface area contributed by atoms with Gasteiger partial charge in [-0.3, -0.25) is 0 Å². The van der Waals surface area contributed by atoms with E-state index >= 15 is 0 Å². The summed E-state index contributed by atoms with van der Waals surface area (Å²) in [5.41, 5.74) is 2.09. The van der Waals surface area contributed by atoms with Crippen LogP contribution in [0.1, 0.15) is 31.1 Å². The summed E-state index contributed by atoms with van der Waals surface area (Å²) in [4.78, 5) is 7.07. The summed E-state index contributed by atoms with van der Waals surface area (Å²) in [5, 5.41) is 3.39. The first-order chi connectivity index (χ1) is 12.8. The quantitative estimate of drug-likeness (QED) is 0.596. The van der Waals surface area contributed by atoms with Crippen LogP contribution in [-0.4, -0.2) is 30.9 Å². The van der Waals surface area contributed by atoms with Gasteiger partial charge in [-0.1, -0.05) is 12.1 Å². The monoisotopic (exact) mass is 371 g/mol. The van der Waals surface area contributed by atoms with E-state index in [1.54, 1.807) is 0 Å². The van der Waals surface area contributed by atoms with Crippen molar-refractivity contribution in [2.45, 2.75) is 25.5 Å². The third kappa shape index (κ3) is 3.91. The van der Waals surface area contributed by atoms with Gasteiger partial charge in [0.1, 0.15) is 11.6 Å². The molecule has 0 radical (unpaired) electrons. The van der Waals surface area contributed by atoms with Crippen LogP contribution in [0.15, 0.2) is 42.6 Å². The number of piperidine rings is 1. The molecule has 0 spiro atoms. The van der Waals surface area contributed by atoms with Gasteiger partial charge in [0.25, 0.3) is 0 Å². The van der Waals surface area contributed by atoms with E-state index in [9.17, 15) is 0 Å². The Labute approximate surface area is 159 Å². The van der Waals surface area contributed by atoms with E-state index in [1.807, 2.05) is 36.7 Å². The van der Waals surface area contributed by atoms with Gasteiger partial charge in [0.15, 0.2) is 6.23 Å². The predicted molar refractivity (Wildman–Crippen MR) is 107 cm³/mol. The highest BCUT2D eigenvalue weighted by Crippen LogP contribution is 2.37. The fraction of sp³-hybridized carbons (Fsp3) is 0.450. The van der Waals surface area contributed by atoms with E-state index < -0.39 is 0 Å². The fourth-order valence-corrected chi connectivity index (χ4v) is 3.89. The number of para-hydroxylation sites is 2. The summed E-state index contributed by atoms with van der Waals surface area (Å²) in [6.45, 7) is 3.00. The van der Waals surface area contributed by atoms with Gasteiger partial charge in [0, 0.05) is 31.1 Å².